The van der Waals surface area contributed by atoms with Crippen molar-refractivity contribution in [3.8, 4) is 17.8 Å². The van der Waals surface area contributed by atoms with Crippen LogP contribution in [0.4, 0.5) is 11.6 Å². The van der Waals surface area contributed by atoms with E-state index < -0.39 is 0 Å². The van der Waals surface area contributed by atoms with Crippen molar-refractivity contribution in [3.05, 3.63) is 35.4 Å². The van der Waals surface area contributed by atoms with Gasteiger partial charge in [0, 0.05) is 6.54 Å². The maximum atomic E-state index is 9.23. The normalized spacial score (nSPS) is 9.86. The third-order valence-electron chi connectivity index (χ3n) is 3.10. The molecule has 0 bridgehead atoms. The molecule has 0 atom stereocenters. The maximum Gasteiger partial charge on any atom is 0.168 e. The molecule has 3 N–H and O–H groups in total. The van der Waals surface area contributed by atoms with Crippen LogP contribution in [0.25, 0.3) is 5.69 Å². The average molecular weight is 280 g/mol. The summed E-state index contributed by atoms with van der Waals surface area (Å²) >= 11 is 0. The zero-order valence-corrected chi connectivity index (χ0v) is 11.8. The number of nitrogens with two attached hydrogens (primary N) is 1. The second-order valence-electron chi connectivity index (χ2n) is 4.57. The van der Waals surface area contributed by atoms with E-state index in [1.165, 1.54) is 4.68 Å². The number of nitrogens with one attached hydrogen (secondary N) is 1. The predicted molar refractivity (Wildman–Crippen MR) is 80.8 cm³/mol. The lowest BCUT2D eigenvalue weighted by molar-refractivity contribution is 0.822. The van der Waals surface area contributed by atoms with Crippen molar-refractivity contribution in [2.45, 2.75) is 19.8 Å². The van der Waals surface area contributed by atoms with Gasteiger partial charge in [0.15, 0.2) is 5.82 Å². The van der Waals surface area contributed by atoms with Crippen LogP contribution in [0.3, 0.4) is 0 Å². The highest BCUT2D eigenvalue weighted by Gasteiger charge is 2.16. The smallest absolute Gasteiger partial charge is 0.168 e. The summed E-state index contributed by atoms with van der Waals surface area (Å²) in [6.07, 6.45) is 2.05. The van der Waals surface area contributed by atoms with Crippen molar-refractivity contribution in [1.29, 1.82) is 10.5 Å². The Kier molecular flexibility index (Phi) is 4.43. The van der Waals surface area contributed by atoms with Gasteiger partial charge in [-0.25, -0.2) is 4.68 Å². The first-order valence-electron chi connectivity index (χ1n) is 6.74. The van der Waals surface area contributed by atoms with Gasteiger partial charge in [0.1, 0.15) is 17.5 Å². The molecule has 106 valence electrons. The minimum absolute atomic E-state index is 0.293. The Morgan fingerprint density at radius 1 is 1.24 bits per heavy atom. The summed E-state index contributed by atoms with van der Waals surface area (Å²) in [5, 5.41) is 25.5. The summed E-state index contributed by atoms with van der Waals surface area (Å²) in [5.74, 6) is 0.786. The predicted octanol–water partition coefficient (Wildman–Crippen LogP) is 2.41. The molecular weight excluding hydrogens is 264 g/mol. The number of hydrogen-bond donors (Lipinski definition) is 2. The lowest BCUT2D eigenvalue weighted by atomic mass is 10.2. The second kappa shape index (κ2) is 6.44. The lowest BCUT2D eigenvalue weighted by Crippen LogP contribution is -2.04. The Balaban J connectivity index is 2.35. The topological polar surface area (TPSA) is 103 Å². The van der Waals surface area contributed by atoms with E-state index in [9.17, 15) is 5.26 Å². The highest BCUT2D eigenvalue weighted by molar-refractivity contribution is 5.66. The van der Waals surface area contributed by atoms with Crippen molar-refractivity contribution in [2.24, 2.45) is 0 Å². The summed E-state index contributed by atoms with van der Waals surface area (Å²) in [7, 11) is 0. The summed E-state index contributed by atoms with van der Waals surface area (Å²) < 4.78 is 1.51. The van der Waals surface area contributed by atoms with E-state index in [-0.39, 0.29) is 0 Å². The quantitative estimate of drug-likeness (QED) is 0.818. The van der Waals surface area contributed by atoms with Crippen LogP contribution in [0.2, 0.25) is 0 Å². The molecule has 0 spiro atoms. The molecule has 0 aliphatic heterocycles. The van der Waals surface area contributed by atoms with Gasteiger partial charge in [-0.1, -0.05) is 13.3 Å². The standard InChI is InChI=1S/C15H16N6/c1-2-3-8-19-15-13(10-17)14(18)21(20-15)12-6-4-11(9-16)5-7-12/h4-7H,2-3,8,18H2,1H3,(H,19,20). The van der Waals surface area contributed by atoms with Crippen molar-refractivity contribution in [3.63, 3.8) is 0 Å². The summed E-state index contributed by atoms with van der Waals surface area (Å²) in [6, 6.07) is 11.0. The van der Waals surface area contributed by atoms with Crippen LogP contribution < -0.4 is 11.1 Å². The van der Waals surface area contributed by atoms with E-state index in [1.807, 2.05) is 0 Å². The number of nitriles is 2. The van der Waals surface area contributed by atoms with Gasteiger partial charge in [-0.2, -0.15) is 10.5 Å². The number of anilines is 2. The zero-order chi connectivity index (χ0) is 15.2. The van der Waals surface area contributed by atoms with Gasteiger partial charge in [-0.05, 0) is 30.7 Å². The number of nitrogens with zero attached hydrogens (tertiary/aromatic N) is 4. The van der Waals surface area contributed by atoms with Crippen molar-refractivity contribution in [1.82, 2.24) is 9.78 Å². The molecular formula is C15H16N6. The summed E-state index contributed by atoms with van der Waals surface area (Å²) in [5.41, 5.74) is 7.61. The van der Waals surface area contributed by atoms with Gasteiger partial charge in [0.25, 0.3) is 0 Å². The molecule has 6 heteroatoms. The first-order valence-corrected chi connectivity index (χ1v) is 6.74. The highest BCUT2D eigenvalue weighted by Crippen LogP contribution is 2.24. The molecule has 6 nitrogen and oxygen atoms in total. The second-order valence-corrected chi connectivity index (χ2v) is 4.57. The molecule has 1 aromatic heterocycles. The Labute approximate surface area is 123 Å². The summed E-state index contributed by atoms with van der Waals surface area (Å²) in [4.78, 5) is 0. The summed E-state index contributed by atoms with van der Waals surface area (Å²) in [6.45, 7) is 2.84. The van der Waals surface area contributed by atoms with Crippen LogP contribution in [-0.2, 0) is 0 Å². The number of unbranched alkanes of at least 4 members (excludes halogenated alkanes) is 1. The molecule has 0 unspecified atom stereocenters. The van der Waals surface area contributed by atoms with Gasteiger partial charge < -0.3 is 11.1 Å². The average Bonchev–Trinajstić information content (AvgIpc) is 2.83. The number of aromatic nitrogens is 2. The fourth-order valence-corrected chi connectivity index (χ4v) is 1.92. The van der Waals surface area contributed by atoms with Crippen LogP contribution in [0.15, 0.2) is 24.3 Å². The molecule has 0 aliphatic carbocycles. The van der Waals surface area contributed by atoms with Gasteiger partial charge >= 0.3 is 0 Å². The minimum atomic E-state index is 0.293. The molecule has 21 heavy (non-hydrogen) atoms. The molecule has 0 radical (unpaired) electrons. The third-order valence-corrected chi connectivity index (χ3v) is 3.10. The van der Waals surface area contributed by atoms with Gasteiger partial charge in [0.2, 0.25) is 0 Å². The molecule has 2 rings (SSSR count). The Bertz CT molecular complexity index is 699. The zero-order valence-electron chi connectivity index (χ0n) is 11.8. The van der Waals surface area contributed by atoms with Crippen LogP contribution in [0.1, 0.15) is 30.9 Å². The third kappa shape index (κ3) is 2.96. The van der Waals surface area contributed by atoms with E-state index >= 15 is 0 Å². The van der Waals surface area contributed by atoms with E-state index in [1.54, 1.807) is 24.3 Å². The number of rotatable bonds is 5. The van der Waals surface area contributed by atoms with E-state index in [0.717, 1.165) is 19.4 Å². The molecule has 0 aliphatic rings. The van der Waals surface area contributed by atoms with E-state index in [2.05, 4.69) is 29.5 Å². The minimum Gasteiger partial charge on any atom is -0.382 e. The number of nitrogen functional groups attached to an aromatic ring is 1. The van der Waals surface area contributed by atoms with Crippen molar-refractivity contribution in [2.75, 3.05) is 17.6 Å². The Morgan fingerprint density at radius 3 is 2.52 bits per heavy atom. The molecule has 2 aromatic rings. The van der Waals surface area contributed by atoms with Gasteiger partial charge in [-0.3, -0.25) is 0 Å². The highest BCUT2D eigenvalue weighted by atomic mass is 15.3. The molecule has 0 saturated carbocycles. The first-order chi connectivity index (χ1) is 10.2. The maximum absolute atomic E-state index is 9.23. The fourth-order valence-electron chi connectivity index (χ4n) is 1.92. The van der Waals surface area contributed by atoms with Crippen LogP contribution in [0, 0.1) is 22.7 Å². The first kappa shape index (κ1) is 14.4. The molecule has 0 amide bonds. The van der Waals surface area contributed by atoms with Gasteiger partial charge in [-0.15, -0.1) is 5.10 Å². The molecule has 0 saturated heterocycles. The largest absolute Gasteiger partial charge is 0.382 e. The SMILES string of the molecule is CCCCNc1nn(-c2ccc(C#N)cc2)c(N)c1C#N. The van der Waals surface area contributed by atoms with E-state index in [4.69, 9.17) is 11.0 Å². The van der Waals surface area contributed by atoms with Crippen molar-refractivity contribution < 1.29 is 0 Å². The molecule has 0 fully saturated rings. The van der Waals surface area contributed by atoms with E-state index in [0.29, 0.717) is 28.5 Å². The molecule has 1 heterocycles. The Morgan fingerprint density at radius 2 is 1.95 bits per heavy atom. The van der Waals surface area contributed by atoms with Crippen LogP contribution in [-0.4, -0.2) is 16.3 Å². The number of hydrogen-bond acceptors (Lipinski definition) is 5. The lowest BCUT2D eigenvalue weighted by Gasteiger charge is -2.03. The Hall–Kier alpha value is -2.99. The van der Waals surface area contributed by atoms with Gasteiger partial charge in [0.05, 0.1) is 17.3 Å². The number of benzene rings is 1. The van der Waals surface area contributed by atoms with Crippen LogP contribution in [0.5, 0.6) is 0 Å². The van der Waals surface area contributed by atoms with Crippen LogP contribution >= 0.6 is 0 Å². The molecule has 1 aromatic carbocycles. The van der Waals surface area contributed by atoms with Crippen molar-refractivity contribution >= 4 is 11.6 Å². The monoisotopic (exact) mass is 280 g/mol. The fraction of sp³-hybridized carbons (Fsp3) is 0.267.